The van der Waals surface area contributed by atoms with Gasteiger partial charge >= 0.3 is 0 Å². The number of para-hydroxylation sites is 1. The van der Waals surface area contributed by atoms with Crippen LogP contribution in [0.1, 0.15) is 25.7 Å². The number of fused-ring (bicyclic) bond motifs is 11. The molecule has 2 saturated carbocycles. The monoisotopic (exact) mass is 305 g/mol. The van der Waals surface area contributed by atoms with Crippen LogP contribution in [0.3, 0.4) is 0 Å². The average molecular weight is 305 g/mol. The van der Waals surface area contributed by atoms with Crippen LogP contribution < -0.4 is 4.90 Å². The van der Waals surface area contributed by atoms with E-state index in [-0.39, 0.29) is 23.7 Å². The van der Waals surface area contributed by atoms with Gasteiger partial charge in [-0.1, -0.05) is 29.3 Å². The quantitative estimate of drug-likeness (QED) is 0.454. The largest absolute Gasteiger partial charge is 0.274 e. The Labute approximate surface area is 135 Å². The molecule has 3 fully saturated rings. The van der Waals surface area contributed by atoms with E-state index in [1.807, 2.05) is 30.3 Å². The highest BCUT2D eigenvalue weighted by molar-refractivity contribution is 6.23. The molecular formula is C20H19NO2. The number of nitrogens with zero attached hydrogens (tertiary/aromatic N) is 1. The van der Waals surface area contributed by atoms with E-state index in [0.29, 0.717) is 11.8 Å². The van der Waals surface area contributed by atoms with Gasteiger partial charge in [-0.15, -0.1) is 0 Å². The van der Waals surface area contributed by atoms with Gasteiger partial charge in [0.25, 0.3) is 0 Å². The Morgan fingerprint density at radius 2 is 1.35 bits per heavy atom. The maximum Gasteiger partial charge on any atom is 0.238 e. The summed E-state index contributed by atoms with van der Waals surface area (Å²) in [6.45, 7) is 0. The van der Waals surface area contributed by atoms with Gasteiger partial charge in [-0.2, -0.15) is 0 Å². The maximum atomic E-state index is 13.1. The van der Waals surface area contributed by atoms with E-state index in [2.05, 4.69) is 0 Å². The summed E-state index contributed by atoms with van der Waals surface area (Å²) in [5.74, 6) is 2.22. The van der Waals surface area contributed by atoms with Gasteiger partial charge in [0.1, 0.15) is 0 Å². The van der Waals surface area contributed by atoms with Crippen LogP contribution in [0, 0.1) is 35.5 Å². The second-order valence-corrected chi connectivity index (χ2v) is 7.97. The number of allylic oxidation sites excluding steroid dienone is 2. The van der Waals surface area contributed by atoms with Crippen LogP contribution in [0.15, 0.2) is 41.5 Å². The Kier molecular flexibility index (Phi) is 2.15. The molecule has 1 aromatic rings. The van der Waals surface area contributed by atoms with Gasteiger partial charge in [0, 0.05) is 0 Å². The van der Waals surface area contributed by atoms with Gasteiger partial charge in [0.05, 0.1) is 17.5 Å². The lowest BCUT2D eigenvalue weighted by Crippen LogP contribution is -2.33. The first-order valence-corrected chi connectivity index (χ1v) is 8.92. The van der Waals surface area contributed by atoms with E-state index in [1.165, 1.54) is 24.2 Å². The molecule has 6 unspecified atom stereocenters. The Balaban J connectivity index is 1.44. The van der Waals surface area contributed by atoms with Crippen LogP contribution >= 0.6 is 0 Å². The molecule has 23 heavy (non-hydrogen) atoms. The predicted octanol–water partition coefficient (Wildman–Crippen LogP) is 3.17. The molecule has 0 spiro atoms. The highest BCUT2D eigenvalue weighted by Gasteiger charge is 2.67. The third kappa shape index (κ3) is 1.30. The van der Waals surface area contributed by atoms with Crippen LogP contribution in [0.25, 0.3) is 0 Å². The molecule has 1 heterocycles. The number of imide groups is 1. The van der Waals surface area contributed by atoms with Crippen LogP contribution in [0.2, 0.25) is 0 Å². The molecule has 1 saturated heterocycles. The number of carbonyl (C=O) groups is 2. The second kappa shape index (κ2) is 3.95. The molecule has 0 N–H and O–H groups in total. The van der Waals surface area contributed by atoms with Gasteiger partial charge < -0.3 is 0 Å². The van der Waals surface area contributed by atoms with E-state index in [4.69, 9.17) is 0 Å². The minimum atomic E-state index is -0.0641. The van der Waals surface area contributed by atoms with Crippen molar-refractivity contribution in [3.8, 4) is 0 Å². The molecule has 4 aliphatic carbocycles. The molecule has 0 radical (unpaired) electrons. The summed E-state index contributed by atoms with van der Waals surface area (Å²) in [6, 6.07) is 9.48. The maximum absolute atomic E-state index is 13.1. The lowest BCUT2D eigenvalue weighted by atomic mass is 9.72. The fraction of sp³-hybridized carbons (Fsp3) is 0.500. The topological polar surface area (TPSA) is 37.4 Å². The van der Waals surface area contributed by atoms with Gasteiger partial charge in [-0.05, 0) is 61.5 Å². The summed E-state index contributed by atoms with van der Waals surface area (Å²) in [6.07, 6.45) is 5.01. The van der Waals surface area contributed by atoms with Crippen LogP contribution in [0.5, 0.6) is 0 Å². The average Bonchev–Trinajstić information content (AvgIpc) is 3.33. The van der Waals surface area contributed by atoms with Crippen molar-refractivity contribution in [3.05, 3.63) is 41.5 Å². The van der Waals surface area contributed by atoms with Crippen molar-refractivity contribution in [2.75, 3.05) is 4.90 Å². The van der Waals surface area contributed by atoms with E-state index in [1.54, 1.807) is 11.1 Å². The third-order valence-corrected chi connectivity index (χ3v) is 7.23. The normalized spacial score (nSPS) is 42.9. The second-order valence-electron chi connectivity index (χ2n) is 7.97. The number of anilines is 1. The van der Waals surface area contributed by atoms with E-state index in [0.717, 1.165) is 23.9 Å². The van der Waals surface area contributed by atoms with Crippen molar-refractivity contribution in [2.45, 2.75) is 25.7 Å². The SMILES string of the molecule is O=C1C2C3CC(C4=C3C3CCC4C3)C2C(=O)N1c1ccccc1. The number of hydrogen-bond donors (Lipinski definition) is 0. The van der Waals surface area contributed by atoms with Gasteiger partial charge in [0.2, 0.25) is 11.8 Å². The van der Waals surface area contributed by atoms with Gasteiger partial charge in [-0.25, -0.2) is 0 Å². The smallest absolute Gasteiger partial charge is 0.238 e. The fourth-order valence-electron chi connectivity index (χ4n) is 6.65. The number of hydrogen-bond acceptors (Lipinski definition) is 2. The minimum Gasteiger partial charge on any atom is -0.274 e. The van der Waals surface area contributed by atoms with Crippen molar-refractivity contribution in [1.82, 2.24) is 0 Å². The van der Waals surface area contributed by atoms with Gasteiger partial charge in [0.15, 0.2) is 0 Å². The lowest BCUT2D eigenvalue weighted by Gasteiger charge is -2.29. The fourth-order valence-corrected chi connectivity index (χ4v) is 6.65. The van der Waals surface area contributed by atoms with Gasteiger partial charge in [-0.3, -0.25) is 14.5 Å². The molecule has 1 aromatic carbocycles. The molecule has 1 aliphatic heterocycles. The predicted molar refractivity (Wildman–Crippen MR) is 85.4 cm³/mol. The highest BCUT2D eigenvalue weighted by atomic mass is 16.2. The highest BCUT2D eigenvalue weighted by Crippen LogP contribution is 2.68. The van der Waals surface area contributed by atoms with Crippen molar-refractivity contribution in [2.24, 2.45) is 35.5 Å². The van der Waals surface area contributed by atoms with Crippen molar-refractivity contribution >= 4 is 17.5 Å². The summed E-state index contributed by atoms with van der Waals surface area (Å²) in [4.78, 5) is 27.6. The zero-order chi connectivity index (χ0) is 15.3. The Morgan fingerprint density at radius 3 is 1.91 bits per heavy atom. The lowest BCUT2D eigenvalue weighted by molar-refractivity contribution is -0.123. The molecule has 3 heteroatoms. The molecule has 3 nitrogen and oxygen atoms in total. The Morgan fingerprint density at radius 1 is 0.783 bits per heavy atom. The molecule has 2 amide bonds. The minimum absolute atomic E-state index is 0.0630. The first kappa shape index (κ1) is 12.5. The summed E-state index contributed by atoms with van der Waals surface area (Å²) in [7, 11) is 0. The molecular weight excluding hydrogens is 286 g/mol. The molecule has 6 atom stereocenters. The summed E-state index contributed by atoms with van der Waals surface area (Å²) in [5, 5.41) is 0. The number of benzene rings is 1. The number of carbonyl (C=O) groups excluding carboxylic acids is 2. The number of amides is 2. The van der Waals surface area contributed by atoms with Crippen LogP contribution in [-0.2, 0) is 9.59 Å². The summed E-state index contributed by atoms with van der Waals surface area (Å²) < 4.78 is 0. The van der Waals surface area contributed by atoms with Crippen molar-refractivity contribution in [3.63, 3.8) is 0 Å². The van der Waals surface area contributed by atoms with Crippen LogP contribution in [0.4, 0.5) is 5.69 Å². The molecule has 4 bridgehead atoms. The summed E-state index contributed by atoms with van der Waals surface area (Å²) in [5.41, 5.74) is 4.01. The third-order valence-electron chi connectivity index (χ3n) is 7.23. The van der Waals surface area contributed by atoms with Crippen molar-refractivity contribution < 1.29 is 9.59 Å². The van der Waals surface area contributed by atoms with E-state index >= 15 is 0 Å². The zero-order valence-electron chi connectivity index (χ0n) is 12.9. The molecule has 116 valence electrons. The molecule has 0 aromatic heterocycles. The zero-order valence-corrected chi connectivity index (χ0v) is 12.9. The first-order chi connectivity index (χ1) is 11.3. The van der Waals surface area contributed by atoms with E-state index < -0.39 is 0 Å². The standard InChI is InChI=1S/C20H19NO2/c22-19-17-13-9-14(16-11-7-6-10(8-11)15(13)16)18(17)20(23)21(19)12-4-2-1-3-5-12/h1-5,10-11,13-14,17-18H,6-9H2. The first-order valence-electron chi connectivity index (χ1n) is 8.92. The summed E-state index contributed by atoms with van der Waals surface area (Å²) >= 11 is 0. The van der Waals surface area contributed by atoms with E-state index in [9.17, 15) is 9.59 Å². The van der Waals surface area contributed by atoms with Crippen molar-refractivity contribution in [1.29, 1.82) is 0 Å². The van der Waals surface area contributed by atoms with Crippen LogP contribution in [-0.4, -0.2) is 11.8 Å². The number of rotatable bonds is 1. The molecule has 6 rings (SSSR count). The molecule has 5 aliphatic rings. The Bertz CT molecular complexity index is 736. The Hall–Kier alpha value is -1.90.